The van der Waals surface area contributed by atoms with Crippen LogP contribution in [-0.2, 0) is 6.18 Å². The summed E-state index contributed by atoms with van der Waals surface area (Å²) in [6.45, 7) is 0. The molecular formula is C17H10ClF4N3S. The first kappa shape index (κ1) is 18.3. The third-order valence-corrected chi connectivity index (χ3v) is 4.40. The minimum atomic E-state index is -4.73. The van der Waals surface area contributed by atoms with Crippen molar-refractivity contribution in [2.24, 2.45) is 5.10 Å². The third-order valence-electron chi connectivity index (χ3n) is 3.37. The van der Waals surface area contributed by atoms with Gasteiger partial charge in [-0.1, -0.05) is 41.9 Å². The highest BCUT2D eigenvalue weighted by Crippen LogP contribution is 2.34. The van der Waals surface area contributed by atoms with Crippen LogP contribution in [0.25, 0.3) is 11.3 Å². The van der Waals surface area contributed by atoms with Crippen LogP contribution in [-0.4, -0.2) is 11.2 Å². The number of rotatable bonds is 4. The molecule has 0 atom stereocenters. The number of hydrazone groups is 1. The van der Waals surface area contributed by atoms with Gasteiger partial charge in [0, 0.05) is 16.5 Å². The van der Waals surface area contributed by atoms with Crippen LogP contribution in [0.2, 0.25) is 5.02 Å². The second-order valence-corrected chi connectivity index (χ2v) is 6.36. The fraction of sp³-hybridized carbons (Fsp3) is 0.0588. The van der Waals surface area contributed by atoms with Gasteiger partial charge in [0.1, 0.15) is 0 Å². The number of thiazole rings is 1. The summed E-state index contributed by atoms with van der Waals surface area (Å²) in [4.78, 5) is 4.27. The Morgan fingerprint density at radius 1 is 1.12 bits per heavy atom. The third kappa shape index (κ3) is 4.03. The lowest BCUT2D eigenvalue weighted by Gasteiger charge is -2.11. The van der Waals surface area contributed by atoms with Gasteiger partial charge in [-0.05, 0) is 12.1 Å². The molecule has 26 heavy (non-hydrogen) atoms. The molecule has 0 saturated heterocycles. The summed E-state index contributed by atoms with van der Waals surface area (Å²) in [5.74, 6) is -1.18. The van der Waals surface area contributed by atoms with E-state index in [9.17, 15) is 17.6 Å². The molecule has 1 N–H and O–H groups in total. The molecule has 0 bridgehead atoms. The maximum absolute atomic E-state index is 14.0. The van der Waals surface area contributed by atoms with Crippen molar-refractivity contribution in [3.05, 3.63) is 69.8 Å². The normalized spacial score (nSPS) is 11.9. The molecule has 0 spiro atoms. The molecule has 0 amide bonds. The van der Waals surface area contributed by atoms with Crippen LogP contribution in [0.15, 0.2) is 52.9 Å². The van der Waals surface area contributed by atoms with Crippen LogP contribution in [0, 0.1) is 5.82 Å². The first-order valence-electron chi connectivity index (χ1n) is 7.21. The van der Waals surface area contributed by atoms with Crippen molar-refractivity contribution in [3.63, 3.8) is 0 Å². The standard InChI is InChI=1S/C17H10ClF4N3S/c18-13-7-6-12(17(20,21)22)11(15(13)19)8-23-25-16-24-14(9-26-16)10-4-2-1-3-5-10/h1-9H,(H,24,25). The summed E-state index contributed by atoms with van der Waals surface area (Å²) in [5.41, 5.74) is 2.19. The predicted octanol–water partition coefficient (Wildman–Crippen LogP) is 6.07. The first-order valence-corrected chi connectivity index (χ1v) is 8.47. The molecule has 0 aliphatic rings. The average Bonchev–Trinajstić information content (AvgIpc) is 3.07. The van der Waals surface area contributed by atoms with E-state index in [1.165, 1.54) is 11.3 Å². The summed E-state index contributed by atoms with van der Waals surface area (Å²) >= 11 is 6.79. The number of anilines is 1. The monoisotopic (exact) mass is 399 g/mol. The molecule has 134 valence electrons. The van der Waals surface area contributed by atoms with E-state index in [0.29, 0.717) is 16.9 Å². The van der Waals surface area contributed by atoms with Crippen LogP contribution < -0.4 is 5.43 Å². The van der Waals surface area contributed by atoms with E-state index >= 15 is 0 Å². The maximum atomic E-state index is 14.0. The van der Waals surface area contributed by atoms with Crippen molar-refractivity contribution < 1.29 is 17.6 Å². The molecule has 3 nitrogen and oxygen atoms in total. The van der Waals surface area contributed by atoms with Crippen molar-refractivity contribution in [2.75, 3.05) is 5.43 Å². The molecule has 1 heterocycles. The molecule has 0 radical (unpaired) electrons. The van der Waals surface area contributed by atoms with Gasteiger partial charge in [0.05, 0.1) is 22.5 Å². The summed E-state index contributed by atoms with van der Waals surface area (Å²) in [6.07, 6.45) is -3.98. The van der Waals surface area contributed by atoms with Gasteiger partial charge in [0.25, 0.3) is 0 Å². The van der Waals surface area contributed by atoms with Crippen molar-refractivity contribution in [1.82, 2.24) is 4.98 Å². The van der Waals surface area contributed by atoms with E-state index in [4.69, 9.17) is 11.6 Å². The Kier molecular flexibility index (Phi) is 5.24. The number of aromatic nitrogens is 1. The van der Waals surface area contributed by atoms with Crippen LogP contribution in [0.4, 0.5) is 22.7 Å². The van der Waals surface area contributed by atoms with E-state index in [-0.39, 0.29) is 0 Å². The van der Waals surface area contributed by atoms with Gasteiger partial charge < -0.3 is 0 Å². The van der Waals surface area contributed by atoms with E-state index < -0.39 is 28.1 Å². The van der Waals surface area contributed by atoms with Gasteiger partial charge in [0.15, 0.2) is 5.82 Å². The lowest BCUT2D eigenvalue weighted by Crippen LogP contribution is -2.11. The predicted molar refractivity (Wildman–Crippen MR) is 95.2 cm³/mol. The summed E-state index contributed by atoms with van der Waals surface area (Å²) in [5, 5.41) is 5.38. The Hall–Kier alpha value is -2.45. The lowest BCUT2D eigenvalue weighted by atomic mass is 10.1. The Balaban J connectivity index is 1.82. The number of benzene rings is 2. The molecule has 3 aromatic rings. The van der Waals surface area contributed by atoms with Gasteiger partial charge in [-0.2, -0.15) is 18.3 Å². The highest BCUT2D eigenvalue weighted by Gasteiger charge is 2.34. The summed E-state index contributed by atoms with van der Waals surface area (Å²) in [7, 11) is 0. The molecule has 1 aromatic heterocycles. The zero-order valence-corrected chi connectivity index (χ0v) is 14.5. The molecule has 0 aliphatic carbocycles. The van der Waals surface area contributed by atoms with Gasteiger partial charge in [-0.3, -0.25) is 5.43 Å². The molecule has 0 fully saturated rings. The highest BCUT2D eigenvalue weighted by atomic mass is 35.5. The Bertz CT molecular complexity index is 939. The van der Waals surface area contributed by atoms with E-state index in [1.807, 2.05) is 30.3 Å². The number of nitrogens with zero attached hydrogens (tertiary/aromatic N) is 2. The van der Waals surface area contributed by atoms with Gasteiger partial charge >= 0.3 is 6.18 Å². The zero-order valence-electron chi connectivity index (χ0n) is 12.9. The Morgan fingerprint density at radius 3 is 2.54 bits per heavy atom. The van der Waals surface area contributed by atoms with Crippen LogP contribution in [0.3, 0.4) is 0 Å². The van der Waals surface area contributed by atoms with Crippen molar-refractivity contribution in [1.29, 1.82) is 0 Å². The van der Waals surface area contributed by atoms with E-state index in [2.05, 4.69) is 15.5 Å². The summed E-state index contributed by atoms with van der Waals surface area (Å²) < 4.78 is 53.0. The minimum Gasteiger partial charge on any atom is -0.253 e. The Morgan fingerprint density at radius 2 is 1.85 bits per heavy atom. The SMILES string of the molecule is Fc1c(Cl)ccc(C(F)(F)F)c1C=NNc1nc(-c2ccccc2)cs1. The molecular weight excluding hydrogens is 390 g/mol. The van der Waals surface area contributed by atoms with Crippen LogP contribution in [0.1, 0.15) is 11.1 Å². The van der Waals surface area contributed by atoms with Gasteiger partial charge in [0.2, 0.25) is 5.13 Å². The minimum absolute atomic E-state index is 0.357. The van der Waals surface area contributed by atoms with E-state index in [1.54, 1.807) is 5.38 Å². The molecule has 2 aromatic carbocycles. The topological polar surface area (TPSA) is 37.3 Å². The molecule has 0 saturated carbocycles. The van der Waals surface area contributed by atoms with Crippen LogP contribution in [0.5, 0.6) is 0 Å². The maximum Gasteiger partial charge on any atom is 0.417 e. The molecule has 0 unspecified atom stereocenters. The van der Waals surface area contributed by atoms with Crippen molar-refractivity contribution in [2.45, 2.75) is 6.18 Å². The number of hydrogen-bond donors (Lipinski definition) is 1. The number of alkyl halides is 3. The smallest absolute Gasteiger partial charge is 0.253 e. The van der Waals surface area contributed by atoms with Crippen LogP contribution >= 0.6 is 22.9 Å². The molecule has 9 heteroatoms. The highest BCUT2D eigenvalue weighted by molar-refractivity contribution is 7.14. The van der Waals surface area contributed by atoms with E-state index in [0.717, 1.165) is 17.8 Å². The van der Waals surface area contributed by atoms with Gasteiger partial charge in [-0.15, -0.1) is 11.3 Å². The first-order chi connectivity index (χ1) is 12.4. The number of halogens is 5. The fourth-order valence-corrected chi connectivity index (χ4v) is 2.99. The van der Waals surface area contributed by atoms with Crippen molar-refractivity contribution in [3.8, 4) is 11.3 Å². The Labute approximate surface area is 155 Å². The second-order valence-electron chi connectivity index (χ2n) is 5.09. The zero-order chi connectivity index (χ0) is 18.7. The largest absolute Gasteiger partial charge is 0.417 e. The molecule has 0 aliphatic heterocycles. The quantitative estimate of drug-likeness (QED) is 0.328. The second kappa shape index (κ2) is 7.43. The van der Waals surface area contributed by atoms with Gasteiger partial charge in [-0.25, -0.2) is 9.37 Å². The summed E-state index contributed by atoms with van der Waals surface area (Å²) in [6, 6.07) is 10.9. The molecule has 3 rings (SSSR count). The number of nitrogens with one attached hydrogen (secondary N) is 1. The number of hydrogen-bond acceptors (Lipinski definition) is 4. The van der Waals surface area contributed by atoms with Crippen molar-refractivity contribution >= 4 is 34.3 Å². The lowest BCUT2D eigenvalue weighted by molar-refractivity contribution is -0.137. The average molecular weight is 400 g/mol. The fourth-order valence-electron chi connectivity index (χ4n) is 2.16.